The molecule has 0 rings (SSSR count). The van der Waals surface area contributed by atoms with Crippen molar-refractivity contribution in [3.63, 3.8) is 0 Å². The van der Waals surface area contributed by atoms with Gasteiger partial charge in [-0.05, 0) is 12.8 Å². The van der Waals surface area contributed by atoms with Gasteiger partial charge in [-0.25, -0.2) is 0 Å². The van der Waals surface area contributed by atoms with Crippen LogP contribution in [-0.4, -0.2) is 45.5 Å². The van der Waals surface area contributed by atoms with Gasteiger partial charge in [-0.3, -0.25) is 5.41 Å². The molecule has 0 saturated carbocycles. The third kappa shape index (κ3) is 8.35. The van der Waals surface area contributed by atoms with Crippen LogP contribution in [0.25, 0.3) is 0 Å². The molecule has 0 heterocycles. The van der Waals surface area contributed by atoms with Gasteiger partial charge in [-0.2, -0.15) is 0 Å². The highest BCUT2D eigenvalue weighted by molar-refractivity contribution is 5.81. The van der Waals surface area contributed by atoms with Gasteiger partial charge in [-0.15, -0.1) is 0 Å². The highest BCUT2D eigenvalue weighted by Crippen LogP contribution is 1.98. The van der Waals surface area contributed by atoms with Gasteiger partial charge in [0.2, 0.25) is 0 Å². The molecule has 3 N–H and O–H groups in total. The van der Waals surface area contributed by atoms with Gasteiger partial charge < -0.3 is 19.9 Å². The lowest BCUT2D eigenvalue weighted by molar-refractivity contribution is 0.0416. The molecule has 0 aromatic carbocycles. The number of hydrogen-bond donors (Lipinski definition) is 2. The van der Waals surface area contributed by atoms with Gasteiger partial charge in [0.15, 0.2) is 0 Å². The first kappa shape index (κ1) is 14.3. The SMILES string of the molecule is CCC(OCCCOCCOC)C(=N)N. The molecule has 1 atom stereocenters. The summed E-state index contributed by atoms with van der Waals surface area (Å²) >= 11 is 0. The summed E-state index contributed by atoms with van der Waals surface area (Å²) in [6.45, 7) is 4.40. The molecule has 5 nitrogen and oxygen atoms in total. The van der Waals surface area contributed by atoms with Gasteiger partial charge >= 0.3 is 0 Å². The fourth-order valence-corrected chi connectivity index (χ4v) is 1.06. The standard InChI is InChI=1S/C10H22N2O3/c1-3-9(10(11)12)15-6-4-5-14-8-7-13-2/h9H,3-8H2,1-2H3,(H3,11,12). The maximum Gasteiger partial charge on any atom is 0.120 e. The normalized spacial score (nSPS) is 12.7. The molecule has 0 aliphatic rings. The van der Waals surface area contributed by atoms with E-state index in [0.29, 0.717) is 26.4 Å². The highest BCUT2D eigenvalue weighted by Gasteiger charge is 2.08. The van der Waals surface area contributed by atoms with Crippen LogP contribution < -0.4 is 5.73 Å². The van der Waals surface area contributed by atoms with E-state index in [9.17, 15) is 0 Å². The van der Waals surface area contributed by atoms with E-state index in [4.69, 9.17) is 25.4 Å². The molecule has 0 saturated heterocycles. The van der Waals surface area contributed by atoms with Crippen LogP contribution in [0, 0.1) is 5.41 Å². The Labute approximate surface area is 91.4 Å². The predicted molar refractivity (Wildman–Crippen MR) is 59.3 cm³/mol. The van der Waals surface area contributed by atoms with Crippen molar-refractivity contribution in [3.05, 3.63) is 0 Å². The predicted octanol–water partition coefficient (Wildman–Crippen LogP) is 0.771. The summed E-state index contributed by atoms with van der Waals surface area (Å²) in [5.41, 5.74) is 5.34. The molecule has 90 valence electrons. The van der Waals surface area contributed by atoms with Crippen LogP contribution in [0.2, 0.25) is 0 Å². The molecule has 0 amide bonds. The fourth-order valence-electron chi connectivity index (χ4n) is 1.06. The van der Waals surface area contributed by atoms with Crippen molar-refractivity contribution >= 4 is 5.84 Å². The zero-order chi connectivity index (χ0) is 11.5. The number of rotatable bonds is 10. The maximum absolute atomic E-state index is 7.23. The summed E-state index contributed by atoms with van der Waals surface area (Å²) in [7, 11) is 1.64. The van der Waals surface area contributed by atoms with Crippen molar-refractivity contribution in [3.8, 4) is 0 Å². The van der Waals surface area contributed by atoms with Crippen LogP contribution in [0.1, 0.15) is 19.8 Å². The number of nitrogens with one attached hydrogen (secondary N) is 1. The van der Waals surface area contributed by atoms with Gasteiger partial charge in [0.1, 0.15) is 11.9 Å². The summed E-state index contributed by atoms with van der Waals surface area (Å²) in [6.07, 6.45) is 1.30. The maximum atomic E-state index is 7.23. The van der Waals surface area contributed by atoms with Crippen molar-refractivity contribution in [2.75, 3.05) is 33.5 Å². The number of nitrogens with two attached hydrogens (primary N) is 1. The number of amidine groups is 1. The number of hydrogen-bond acceptors (Lipinski definition) is 4. The Morgan fingerprint density at radius 1 is 1.27 bits per heavy atom. The molecule has 0 aliphatic heterocycles. The van der Waals surface area contributed by atoms with Crippen LogP contribution in [0.4, 0.5) is 0 Å². The molecule has 0 fully saturated rings. The minimum absolute atomic E-state index is 0.0952. The van der Waals surface area contributed by atoms with Crippen LogP contribution in [-0.2, 0) is 14.2 Å². The van der Waals surface area contributed by atoms with E-state index >= 15 is 0 Å². The first-order valence-electron chi connectivity index (χ1n) is 5.24. The van der Waals surface area contributed by atoms with E-state index in [2.05, 4.69) is 0 Å². The van der Waals surface area contributed by atoms with Crippen molar-refractivity contribution in [2.24, 2.45) is 5.73 Å². The molecular formula is C10H22N2O3. The highest BCUT2D eigenvalue weighted by atomic mass is 16.5. The topological polar surface area (TPSA) is 77.6 Å². The number of methoxy groups -OCH3 is 1. The van der Waals surface area contributed by atoms with E-state index in [1.807, 2.05) is 6.92 Å². The zero-order valence-corrected chi connectivity index (χ0v) is 9.62. The largest absolute Gasteiger partial charge is 0.385 e. The van der Waals surface area contributed by atoms with E-state index in [0.717, 1.165) is 12.8 Å². The van der Waals surface area contributed by atoms with Crippen molar-refractivity contribution in [1.29, 1.82) is 5.41 Å². The van der Waals surface area contributed by atoms with Gasteiger partial charge in [0.25, 0.3) is 0 Å². The Kier molecular flexibility index (Phi) is 9.46. The second-order valence-corrected chi connectivity index (χ2v) is 3.18. The van der Waals surface area contributed by atoms with Crippen LogP contribution >= 0.6 is 0 Å². The van der Waals surface area contributed by atoms with Crippen molar-refractivity contribution in [1.82, 2.24) is 0 Å². The summed E-state index contributed by atoms with van der Waals surface area (Å²) < 4.78 is 15.5. The first-order valence-corrected chi connectivity index (χ1v) is 5.24. The fraction of sp³-hybridized carbons (Fsp3) is 0.900. The summed E-state index contributed by atoms with van der Waals surface area (Å²) in [4.78, 5) is 0. The second kappa shape index (κ2) is 9.89. The lowest BCUT2D eigenvalue weighted by Gasteiger charge is -2.14. The monoisotopic (exact) mass is 218 g/mol. The smallest absolute Gasteiger partial charge is 0.120 e. The molecule has 0 bridgehead atoms. The van der Waals surface area contributed by atoms with Gasteiger partial charge in [0.05, 0.1) is 13.2 Å². The van der Waals surface area contributed by atoms with Crippen molar-refractivity contribution in [2.45, 2.75) is 25.9 Å². The number of ether oxygens (including phenoxy) is 3. The Balaban J connectivity index is 3.25. The van der Waals surface area contributed by atoms with Gasteiger partial charge in [0, 0.05) is 20.3 Å². The van der Waals surface area contributed by atoms with Crippen LogP contribution in [0.5, 0.6) is 0 Å². The summed E-state index contributed by atoms with van der Waals surface area (Å²) in [5.74, 6) is 0.0952. The van der Waals surface area contributed by atoms with Gasteiger partial charge in [-0.1, -0.05) is 6.92 Å². The average molecular weight is 218 g/mol. The molecule has 0 aliphatic carbocycles. The quantitative estimate of drug-likeness (QED) is 0.322. The van der Waals surface area contributed by atoms with Crippen LogP contribution in [0.3, 0.4) is 0 Å². The van der Waals surface area contributed by atoms with Crippen LogP contribution in [0.15, 0.2) is 0 Å². The second-order valence-electron chi connectivity index (χ2n) is 3.18. The average Bonchev–Trinajstić information content (AvgIpc) is 2.21. The summed E-state index contributed by atoms with van der Waals surface area (Å²) in [5, 5.41) is 7.23. The molecule has 15 heavy (non-hydrogen) atoms. The molecule has 1 unspecified atom stereocenters. The Morgan fingerprint density at radius 3 is 2.53 bits per heavy atom. The van der Waals surface area contributed by atoms with E-state index in [1.54, 1.807) is 7.11 Å². The molecule has 5 heteroatoms. The van der Waals surface area contributed by atoms with E-state index in [1.165, 1.54) is 0 Å². The molecule has 0 spiro atoms. The molecule has 0 aromatic rings. The summed E-state index contributed by atoms with van der Waals surface area (Å²) in [6, 6.07) is 0. The minimum Gasteiger partial charge on any atom is -0.385 e. The Bertz CT molecular complexity index is 165. The lowest BCUT2D eigenvalue weighted by Crippen LogP contribution is -2.30. The molecule has 0 aromatic heterocycles. The Morgan fingerprint density at radius 2 is 2.00 bits per heavy atom. The Hall–Kier alpha value is -0.650. The first-order chi connectivity index (χ1) is 7.22. The molecule has 0 radical (unpaired) electrons. The van der Waals surface area contributed by atoms with E-state index < -0.39 is 0 Å². The lowest BCUT2D eigenvalue weighted by atomic mass is 10.2. The molecular weight excluding hydrogens is 196 g/mol. The third-order valence-electron chi connectivity index (χ3n) is 1.90. The van der Waals surface area contributed by atoms with Crippen molar-refractivity contribution < 1.29 is 14.2 Å². The minimum atomic E-state index is -0.246. The zero-order valence-electron chi connectivity index (χ0n) is 9.62. The van der Waals surface area contributed by atoms with E-state index in [-0.39, 0.29) is 11.9 Å². The third-order valence-corrected chi connectivity index (χ3v) is 1.90.